The van der Waals surface area contributed by atoms with Crippen LogP contribution in [0.5, 0.6) is 0 Å². The van der Waals surface area contributed by atoms with E-state index >= 15 is 0 Å². The third kappa shape index (κ3) is 2.18. The predicted molar refractivity (Wildman–Crippen MR) is 74.8 cm³/mol. The fraction of sp³-hybridized carbons (Fsp3) is 0.357. The first-order valence-corrected chi connectivity index (χ1v) is 6.25. The quantitative estimate of drug-likeness (QED) is 0.861. The highest BCUT2D eigenvalue weighted by Gasteiger charge is 2.28. The SMILES string of the molecule is COC(=O)C(C(C)C)n1c(N)nc2ccc(C#N)cc21. The Morgan fingerprint density at radius 3 is 2.75 bits per heavy atom. The summed E-state index contributed by atoms with van der Waals surface area (Å²) in [5, 5.41) is 9.00. The van der Waals surface area contributed by atoms with Crippen LogP contribution < -0.4 is 5.73 Å². The van der Waals surface area contributed by atoms with Crippen molar-refractivity contribution in [3.05, 3.63) is 23.8 Å². The van der Waals surface area contributed by atoms with Gasteiger partial charge in [0.25, 0.3) is 0 Å². The number of nitrogen functional groups attached to an aromatic ring is 1. The van der Waals surface area contributed by atoms with Crippen LogP contribution in [0.25, 0.3) is 11.0 Å². The number of nitrogens with zero attached hydrogens (tertiary/aromatic N) is 3. The van der Waals surface area contributed by atoms with E-state index in [1.807, 2.05) is 13.8 Å². The lowest BCUT2D eigenvalue weighted by Gasteiger charge is -2.21. The van der Waals surface area contributed by atoms with Gasteiger partial charge in [0.15, 0.2) is 0 Å². The molecule has 6 nitrogen and oxygen atoms in total. The smallest absolute Gasteiger partial charge is 0.329 e. The molecule has 1 atom stereocenters. The summed E-state index contributed by atoms with van der Waals surface area (Å²) < 4.78 is 6.48. The molecule has 1 aromatic carbocycles. The summed E-state index contributed by atoms with van der Waals surface area (Å²) in [7, 11) is 1.34. The van der Waals surface area contributed by atoms with E-state index in [-0.39, 0.29) is 17.8 Å². The number of carbonyl (C=O) groups excluding carboxylic acids is 1. The van der Waals surface area contributed by atoms with Gasteiger partial charge in [-0.3, -0.25) is 4.57 Å². The number of nitriles is 1. The topological polar surface area (TPSA) is 93.9 Å². The van der Waals surface area contributed by atoms with Crippen LogP contribution in [0.1, 0.15) is 25.5 Å². The Bertz CT molecular complexity index is 697. The minimum absolute atomic E-state index is 0.0205. The first-order valence-electron chi connectivity index (χ1n) is 6.25. The van der Waals surface area contributed by atoms with Crippen LogP contribution in [0.3, 0.4) is 0 Å². The summed E-state index contributed by atoms with van der Waals surface area (Å²) in [5.41, 5.74) is 7.74. The van der Waals surface area contributed by atoms with Gasteiger partial charge in [0.1, 0.15) is 6.04 Å². The molecule has 0 aliphatic rings. The monoisotopic (exact) mass is 272 g/mol. The average Bonchev–Trinajstić information content (AvgIpc) is 2.74. The lowest BCUT2D eigenvalue weighted by molar-refractivity contribution is -0.145. The molecule has 2 aromatic rings. The minimum Gasteiger partial charge on any atom is -0.467 e. The molecule has 0 aliphatic carbocycles. The Morgan fingerprint density at radius 1 is 1.50 bits per heavy atom. The zero-order valence-corrected chi connectivity index (χ0v) is 11.6. The third-order valence-electron chi connectivity index (χ3n) is 3.20. The van der Waals surface area contributed by atoms with Crippen molar-refractivity contribution in [3.8, 4) is 6.07 Å². The second-order valence-corrected chi connectivity index (χ2v) is 4.87. The van der Waals surface area contributed by atoms with Crippen molar-refractivity contribution in [2.45, 2.75) is 19.9 Å². The second kappa shape index (κ2) is 5.21. The second-order valence-electron chi connectivity index (χ2n) is 4.87. The molecule has 20 heavy (non-hydrogen) atoms. The fourth-order valence-electron chi connectivity index (χ4n) is 2.27. The molecule has 0 radical (unpaired) electrons. The molecule has 0 saturated carbocycles. The van der Waals surface area contributed by atoms with Gasteiger partial charge < -0.3 is 10.5 Å². The maximum absolute atomic E-state index is 12.0. The average molecular weight is 272 g/mol. The largest absolute Gasteiger partial charge is 0.467 e. The van der Waals surface area contributed by atoms with E-state index in [1.165, 1.54) is 7.11 Å². The molecule has 2 rings (SSSR count). The molecule has 0 aliphatic heterocycles. The number of fused-ring (bicyclic) bond motifs is 1. The number of rotatable bonds is 3. The number of ether oxygens (including phenoxy) is 1. The molecular weight excluding hydrogens is 256 g/mol. The molecule has 104 valence electrons. The van der Waals surface area contributed by atoms with Crippen LogP contribution in [0, 0.1) is 17.2 Å². The van der Waals surface area contributed by atoms with Gasteiger partial charge in [-0.2, -0.15) is 5.26 Å². The maximum atomic E-state index is 12.0. The van der Waals surface area contributed by atoms with Crippen LogP contribution in [0.4, 0.5) is 5.95 Å². The van der Waals surface area contributed by atoms with E-state index in [9.17, 15) is 4.79 Å². The molecule has 0 spiro atoms. The summed E-state index contributed by atoms with van der Waals surface area (Å²) in [6, 6.07) is 6.56. The highest BCUT2D eigenvalue weighted by Crippen LogP contribution is 2.29. The van der Waals surface area contributed by atoms with E-state index in [1.54, 1.807) is 22.8 Å². The lowest BCUT2D eigenvalue weighted by atomic mass is 10.0. The van der Waals surface area contributed by atoms with Crippen LogP contribution in [-0.4, -0.2) is 22.6 Å². The number of esters is 1. The number of benzene rings is 1. The molecule has 0 bridgehead atoms. The Kier molecular flexibility index (Phi) is 3.61. The summed E-state index contributed by atoms with van der Waals surface area (Å²) in [4.78, 5) is 16.2. The Balaban J connectivity index is 2.71. The standard InChI is InChI=1S/C14H16N4O2/c1-8(2)12(13(19)20-3)18-11-6-9(7-15)4-5-10(11)17-14(18)16/h4-6,8,12H,1-3H3,(H2,16,17). The molecular formula is C14H16N4O2. The summed E-state index contributed by atoms with van der Waals surface area (Å²) in [5.74, 6) is -0.166. The van der Waals surface area contributed by atoms with Gasteiger partial charge in [-0.15, -0.1) is 0 Å². The van der Waals surface area contributed by atoms with Crippen molar-refractivity contribution in [1.82, 2.24) is 9.55 Å². The summed E-state index contributed by atoms with van der Waals surface area (Å²) in [6.07, 6.45) is 0. The molecule has 0 fully saturated rings. The van der Waals surface area contributed by atoms with Crippen LogP contribution in [0.2, 0.25) is 0 Å². The van der Waals surface area contributed by atoms with Gasteiger partial charge in [0, 0.05) is 0 Å². The number of carbonyl (C=O) groups is 1. The number of nitrogens with two attached hydrogens (primary N) is 1. The van der Waals surface area contributed by atoms with E-state index in [4.69, 9.17) is 15.7 Å². The fourth-order valence-corrected chi connectivity index (χ4v) is 2.27. The zero-order chi connectivity index (χ0) is 14.9. The maximum Gasteiger partial charge on any atom is 0.329 e. The van der Waals surface area contributed by atoms with Gasteiger partial charge in [-0.25, -0.2) is 9.78 Å². The molecule has 1 unspecified atom stereocenters. The predicted octanol–water partition coefficient (Wildman–Crippen LogP) is 1.86. The van der Waals surface area contributed by atoms with Gasteiger partial charge in [-0.05, 0) is 24.1 Å². The first-order chi connectivity index (χ1) is 9.49. The van der Waals surface area contributed by atoms with Gasteiger partial charge in [0.05, 0.1) is 29.8 Å². The van der Waals surface area contributed by atoms with E-state index < -0.39 is 6.04 Å². The molecule has 2 N–H and O–H groups in total. The van der Waals surface area contributed by atoms with Gasteiger partial charge >= 0.3 is 5.97 Å². The number of anilines is 1. The summed E-state index contributed by atoms with van der Waals surface area (Å²) in [6.45, 7) is 3.81. The van der Waals surface area contributed by atoms with Crippen LogP contribution in [-0.2, 0) is 9.53 Å². The van der Waals surface area contributed by atoms with Crippen molar-refractivity contribution in [1.29, 1.82) is 5.26 Å². The number of hydrogen-bond acceptors (Lipinski definition) is 5. The van der Waals surface area contributed by atoms with Crippen molar-refractivity contribution in [2.75, 3.05) is 12.8 Å². The molecule has 1 heterocycles. The number of methoxy groups -OCH3 is 1. The van der Waals surface area contributed by atoms with Crippen molar-refractivity contribution < 1.29 is 9.53 Å². The van der Waals surface area contributed by atoms with Gasteiger partial charge in [0.2, 0.25) is 5.95 Å². The normalized spacial score (nSPS) is 12.3. The van der Waals surface area contributed by atoms with Crippen molar-refractivity contribution >= 4 is 23.0 Å². The molecule has 1 aromatic heterocycles. The highest BCUT2D eigenvalue weighted by molar-refractivity contribution is 5.84. The molecule has 0 saturated heterocycles. The Labute approximate surface area is 116 Å². The van der Waals surface area contributed by atoms with Crippen molar-refractivity contribution in [3.63, 3.8) is 0 Å². The number of hydrogen-bond donors (Lipinski definition) is 1. The van der Waals surface area contributed by atoms with E-state index in [2.05, 4.69) is 11.1 Å². The van der Waals surface area contributed by atoms with Gasteiger partial charge in [-0.1, -0.05) is 13.8 Å². The molecule has 6 heteroatoms. The summed E-state index contributed by atoms with van der Waals surface area (Å²) >= 11 is 0. The third-order valence-corrected chi connectivity index (χ3v) is 3.20. The zero-order valence-electron chi connectivity index (χ0n) is 11.6. The number of aromatic nitrogens is 2. The van der Waals surface area contributed by atoms with E-state index in [0.29, 0.717) is 16.6 Å². The first kappa shape index (κ1) is 13.9. The Hall–Kier alpha value is -2.55. The molecule has 0 amide bonds. The van der Waals surface area contributed by atoms with E-state index in [0.717, 1.165) is 0 Å². The highest BCUT2D eigenvalue weighted by atomic mass is 16.5. The number of imidazole rings is 1. The minimum atomic E-state index is -0.570. The Morgan fingerprint density at radius 2 is 2.20 bits per heavy atom. The van der Waals surface area contributed by atoms with Crippen LogP contribution in [0.15, 0.2) is 18.2 Å². The lowest BCUT2D eigenvalue weighted by Crippen LogP contribution is -2.26. The van der Waals surface area contributed by atoms with Crippen molar-refractivity contribution in [2.24, 2.45) is 5.92 Å². The van der Waals surface area contributed by atoms with Crippen LogP contribution >= 0.6 is 0 Å².